The van der Waals surface area contributed by atoms with Crippen LogP contribution in [0.2, 0.25) is 0 Å². The Morgan fingerprint density at radius 2 is 2.00 bits per heavy atom. The summed E-state index contributed by atoms with van der Waals surface area (Å²) < 4.78 is 16.7. The molecule has 31 heavy (non-hydrogen) atoms. The van der Waals surface area contributed by atoms with Crippen LogP contribution in [0, 0.1) is 6.92 Å². The number of thiazole rings is 1. The molecule has 0 spiro atoms. The number of amides is 1. The Morgan fingerprint density at radius 1 is 1.19 bits per heavy atom. The van der Waals surface area contributed by atoms with Crippen molar-refractivity contribution >= 4 is 22.4 Å². The normalized spacial score (nSPS) is 15.6. The molecule has 1 aliphatic rings. The Hall–Kier alpha value is -2.90. The average Bonchev–Trinajstić information content (AvgIpc) is 3.49. The molecule has 4 rings (SSSR count). The molecule has 2 aromatic carbocycles. The fourth-order valence-electron chi connectivity index (χ4n) is 3.62. The predicted octanol–water partition coefficient (Wildman–Crippen LogP) is 4.96. The van der Waals surface area contributed by atoms with Crippen LogP contribution in [0.4, 0.5) is 5.13 Å². The van der Waals surface area contributed by atoms with E-state index in [1.807, 2.05) is 54.8 Å². The van der Waals surface area contributed by atoms with E-state index in [0.717, 1.165) is 42.0 Å². The van der Waals surface area contributed by atoms with Gasteiger partial charge >= 0.3 is 0 Å². The van der Waals surface area contributed by atoms with Gasteiger partial charge in [-0.15, -0.1) is 11.3 Å². The van der Waals surface area contributed by atoms with E-state index in [1.165, 1.54) is 11.3 Å². The van der Waals surface area contributed by atoms with E-state index in [4.69, 9.17) is 19.2 Å². The van der Waals surface area contributed by atoms with Gasteiger partial charge in [0.25, 0.3) is 5.91 Å². The molecule has 1 aliphatic heterocycles. The third-order valence-corrected chi connectivity index (χ3v) is 6.22. The molecule has 1 fully saturated rings. The Morgan fingerprint density at radius 3 is 2.68 bits per heavy atom. The lowest BCUT2D eigenvalue weighted by Gasteiger charge is -2.23. The number of rotatable bonds is 7. The summed E-state index contributed by atoms with van der Waals surface area (Å²) in [7, 11) is 3.25. The van der Waals surface area contributed by atoms with Gasteiger partial charge in [-0.2, -0.15) is 0 Å². The molecular weight excluding hydrogens is 412 g/mol. The molecule has 0 bridgehead atoms. The van der Waals surface area contributed by atoms with E-state index >= 15 is 0 Å². The first kappa shape index (κ1) is 21.3. The molecule has 1 saturated heterocycles. The Kier molecular flexibility index (Phi) is 6.53. The molecule has 2 heterocycles. The van der Waals surface area contributed by atoms with Crippen molar-refractivity contribution in [3.63, 3.8) is 0 Å². The standard InChI is InChI=1S/C24H26N2O4S/c1-16-6-8-17(9-7-16)23(27)26(14-19-5-4-12-30-19)24-25-21(15-31-24)20-13-18(28-2)10-11-22(20)29-3/h6-11,13,15,19H,4-5,12,14H2,1-3H3. The van der Waals surface area contributed by atoms with Gasteiger partial charge in [0.2, 0.25) is 0 Å². The van der Waals surface area contributed by atoms with E-state index in [-0.39, 0.29) is 12.0 Å². The van der Waals surface area contributed by atoms with E-state index in [2.05, 4.69) is 0 Å². The van der Waals surface area contributed by atoms with Gasteiger partial charge in [0.1, 0.15) is 11.5 Å². The molecule has 0 radical (unpaired) electrons. The van der Waals surface area contributed by atoms with Crippen molar-refractivity contribution in [3.8, 4) is 22.8 Å². The van der Waals surface area contributed by atoms with Crippen molar-refractivity contribution in [1.82, 2.24) is 4.98 Å². The number of hydrogen-bond donors (Lipinski definition) is 0. The third-order valence-electron chi connectivity index (χ3n) is 5.36. The van der Waals surface area contributed by atoms with Gasteiger partial charge in [-0.05, 0) is 50.1 Å². The quantitative estimate of drug-likeness (QED) is 0.522. The van der Waals surface area contributed by atoms with Gasteiger partial charge in [-0.1, -0.05) is 17.7 Å². The van der Waals surface area contributed by atoms with Crippen LogP contribution in [0.5, 0.6) is 11.5 Å². The number of methoxy groups -OCH3 is 2. The van der Waals surface area contributed by atoms with Crippen molar-refractivity contribution in [2.75, 3.05) is 32.3 Å². The summed E-state index contributed by atoms with van der Waals surface area (Å²) in [5, 5.41) is 2.58. The van der Waals surface area contributed by atoms with Crippen molar-refractivity contribution in [2.24, 2.45) is 0 Å². The smallest absolute Gasteiger partial charge is 0.260 e. The van der Waals surface area contributed by atoms with Gasteiger partial charge in [-0.3, -0.25) is 9.69 Å². The Labute approximate surface area is 186 Å². The van der Waals surface area contributed by atoms with Crippen molar-refractivity contribution in [1.29, 1.82) is 0 Å². The molecule has 1 amide bonds. The molecule has 0 aliphatic carbocycles. The maximum absolute atomic E-state index is 13.4. The Bertz CT molecular complexity index is 1040. The number of carbonyl (C=O) groups is 1. The summed E-state index contributed by atoms with van der Waals surface area (Å²) >= 11 is 1.44. The van der Waals surface area contributed by atoms with E-state index < -0.39 is 0 Å². The van der Waals surface area contributed by atoms with Gasteiger partial charge < -0.3 is 14.2 Å². The van der Waals surface area contributed by atoms with Crippen LogP contribution in [0.25, 0.3) is 11.3 Å². The molecule has 3 aromatic rings. The van der Waals surface area contributed by atoms with Gasteiger partial charge in [0.05, 0.1) is 32.6 Å². The van der Waals surface area contributed by atoms with Crippen LogP contribution < -0.4 is 14.4 Å². The highest BCUT2D eigenvalue weighted by Crippen LogP contribution is 2.36. The molecule has 162 valence electrons. The van der Waals surface area contributed by atoms with Crippen LogP contribution in [0.3, 0.4) is 0 Å². The lowest BCUT2D eigenvalue weighted by Crippen LogP contribution is -2.37. The maximum Gasteiger partial charge on any atom is 0.260 e. The van der Waals surface area contributed by atoms with Crippen molar-refractivity contribution in [3.05, 3.63) is 59.0 Å². The Balaban J connectivity index is 1.68. The highest BCUT2D eigenvalue weighted by Gasteiger charge is 2.27. The summed E-state index contributed by atoms with van der Waals surface area (Å²) in [6.45, 7) is 3.23. The van der Waals surface area contributed by atoms with Gasteiger partial charge in [0, 0.05) is 23.1 Å². The van der Waals surface area contributed by atoms with Crippen LogP contribution in [-0.2, 0) is 4.74 Å². The summed E-state index contributed by atoms with van der Waals surface area (Å²) in [5.74, 6) is 1.35. The number of hydrogen-bond acceptors (Lipinski definition) is 6. The highest BCUT2D eigenvalue weighted by atomic mass is 32.1. The minimum absolute atomic E-state index is 0.0214. The zero-order chi connectivity index (χ0) is 21.8. The minimum Gasteiger partial charge on any atom is -0.497 e. The van der Waals surface area contributed by atoms with Crippen LogP contribution >= 0.6 is 11.3 Å². The molecular formula is C24H26N2O4S. The van der Waals surface area contributed by atoms with Crippen LogP contribution in [-0.4, -0.2) is 44.4 Å². The minimum atomic E-state index is -0.0750. The SMILES string of the molecule is COc1ccc(OC)c(-c2csc(N(CC3CCCO3)C(=O)c3ccc(C)cc3)n2)c1. The number of ether oxygens (including phenoxy) is 3. The lowest BCUT2D eigenvalue weighted by molar-refractivity contribution is 0.0917. The number of nitrogens with zero attached hydrogens (tertiary/aromatic N) is 2. The average molecular weight is 439 g/mol. The first-order chi connectivity index (χ1) is 15.1. The number of carbonyl (C=O) groups excluding carboxylic acids is 1. The second-order valence-corrected chi connectivity index (χ2v) is 8.33. The maximum atomic E-state index is 13.4. The molecule has 1 atom stereocenters. The van der Waals surface area contributed by atoms with Crippen LogP contribution in [0.15, 0.2) is 47.8 Å². The lowest BCUT2D eigenvalue weighted by atomic mass is 10.1. The number of benzene rings is 2. The van der Waals surface area contributed by atoms with E-state index in [9.17, 15) is 4.79 Å². The molecule has 1 unspecified atom stereocenters. The number of aryl methyl sites for hydroxylation is 1. The topological polar surface area (TPSA) is 60.9 Å². The van der Waals surface area contributed by atoms with Gasteiger partial charge in [0.15, 0.2) is 5.13 Å². The third kappa shape index (κ3) is 4.73. The largest absolute Gasteiger partial charge is 0.497 e. The number of anilines is 1. The molecule has 0 N–H and O–H groups in total. The molecule has 6 nitrogen and oxygen atoms in total. The van der Waals surface area contributed by atoms with Crippen molar-refractivity contribution < 1.29 is 19.0 Å². The summed E-state index contributed by atoms with van der Waals surface area (Å²) in [4.78, 5) is 19.9. The zero-order valence-electron chi connectivity index (χ0n) is 18.0. The first-order valence-electron chi connectivity index (χ1n) is 10.3. The van der Waals surface area contributed by atoms with Crippen LogP contribution in [0.1, 0.15) is 28.8 Å². The van der Waals surface area contributed by atoms with E-state index in [1.54, 1.807) is 19.1 Å². The van der Waals surface area contributed by atoms with E-state index in [0.29, 0.717) is 23.0 Å². The number of aromatic nitrogens is 1. The summed E-state index contributed by atoms with van der Waals surface area (Å²) in [5.41, 5.74) is 3.32. The second kappa shape index (κ2) is 9.49. The molecule has 1 aromatic heterocycles. The monoisotopic (exact) mass is 438 g/mol. The fourth-order valence-corrected chi connectivity index (χ4v) is 4.45. The fraction of sp³-hybridized carbons (Fsp3) is 0.333. The van der Waals surface area contributed by atoms with Gasteiger partial charge in [-0.25, -0.2) is 4.98 Å². The summed E-state index contributed by atoms with van der Waals surface area (Å²) in [6, 6.07) is 13.2. The predicted molar refractivity (Wildman–Crippen MR) is 122 cm³/mol. The molecule has 0 saturated carbocycles. The van der Waals surface area contributed by atoms with Crippen molar-refractivity contribution in [2.45, 2.75) is 25.9 Å². The molecule has 7 heteroatoms. The second-order valence-electron chi connectivity index (χ2n) is 7.50. The zero-order valence-corrected chi connectivity index (χ0v) is 18.8. The highest BCUT2D eigenvalue weighted by molar-refractivity contribution is 7.14. The summed E-state index contributed by atoms with van der Waals surface area (Å²) in [6.07, 6.45) is 1.98. The first-order valence-corrected chi connectivity index (χ1v) is 11.1.